The Balaban J connectivity index is 1.99. The van der Waals surface area contributed by atoms with Gasteiger partial charge in [-0.2, -0.15) is 13.2 Å². The van der Waals surface area contributed by atoms with Crippen LogP contribution in [0.3, 0.4) is 0 Å². The molecule has 0 unspecified atom stereocenters. The summed E-state index contributed by atoms with van der Waals surface area (Å²) in [5.41, 5.74) is 3.82. The average Bonchev–Trinajstić information content (AvgIpc) is 2.48. The van der Waals surface area contributed by atoms with Crippen LogP contribution >= 0.6 is 0 Å². The SMILES string of the molecule is Cc1cc(C)c2nccc(Nc3ccc(C(F)(F)F)cc3)c2c1. The summed E-state index contributed by atoms with van der Waals surface area (Å²) in [4.78, 5) is 4.38. The molecule has 2 nitrogen and oxygen atoms in total. The molecule has 0 aliphatic carbocycles. The van der Waals surface area contributed by atoms with Gasteiger partial charge >= 0.3 is 6.18 Å². The maximum Gasteiger partial charge on any atom is 0.416 e. The number of nitrogens with zero attached hydrogens (tertiary/aromatic N) is 1. The molecule has 0 saturated heterocycles. The summed E-state index contributed by atoms with van der Waals surface area (Å²) in [6.07, 6.45) is -2.63. The molecule has 0 bridgehead atoms. The van der Waals surface area contributed by atoms with E-state index in [1.54, 1.807) is 6.20 Å². The Morgan fingerprint density at radius 3 is 2.30 bits per heavy atom. The molecule has 23 heavy (non-hydrogen) atoms. The Morgan fingerprint density at radius 1 is 0.957 bits per heavy atom. The zero-order chi connectivity index (χ0) is 16.6. The first-order valence-corrected chi connectivity index (χ1v) is 7.15. The van der Waals surface area contributed by atoms with Gasteiger partial charge in [-0.05, 0) is 55.8 Å². The van der Waals surface area contributed by atoms with E-state index in [1.165, 1.54) is 12.1 Å². The van der Waals surface area contributed by atoms with Crippen LogP contribution in [0.1, 0.15) is 16.7 Å². The van der Waals surface area contributed by atoms with E-state index in [4.69, 9.17) is 0 Å². The van der Waals surface area contributed by atoms with Gasteiger partial charge in [-0.15, -0.1) is 0 Å². The molecule has 0 amide bonds. The molecule has 2 aromatic carbocycles. The van der Waals surface area contributed by atoms with E-state index >= 15 is 0 Å². The standard InChI is InChI=1S/C18H15F3N2/c1-11-9-12(2)17-15(10-11)16(7-8-22-17)23-14-5-3-13(4-6-14)18(19,20)21/h3-10H,1-2H3,(H,22,23). The molecule has 1 aromatic heterocycles. The minimum absolute atomic E-state index is 0.602. The quantitative estimate of drug-likeness (QED) is 0.664. The molecule has 3 aromatic rings. The molecule has 0 atom stereocenters. The van der Waals surface area contributed by atoms with Gasteiger partial charge in [-0.1, -0.05) is 11.6 Å². The van der Waals surface area contributed by atoms with E-state index in [0.717, 1.165) is 39.8 Å². The van der Waals surface area contributed by atoms with Crippen molar-refractivity contribution < 1.29 is 13.2 Å². The van der Waals surface area contributed by atoms with Crippen LogP contribution in [0.4, 0.5) is 24.5 Å². The third kappa shape index (κ3) is 3.13. The van der Waals surface area contributed by atoms with Gasteiger partial charge in [-0.25, -0.2) is 0 Å². The van der Waals surface area contributed by atoms with Crippen LogP contribution in [-0.2, 0) is 6.18 Å². The molecule has 118 valence electrons. The molecule has 3 rings (SSSR count). The number of hydrogen-bond acceptors (Lipinski definition) is 2. The molecule has 0 spiro atoms. The summed E-state index contributed by atoms with van der Waals surface area (Å²) >= 11 is 0. The molecule has 1 heterocycles. The first-order chi connectivity index (χ1) is 10.8. The Bertz CT molecular complexity index is 853. The number of anilines is 2. The largest absolute Gasteiger partial charge is 0.416 e. The Hall–Kier alpha value is -2.56. The lowest BCUT2D eigenvalue weighted by molar-refractivity contribution is -0.137. The second-order valence-corrected chi connectivity index (χ2v) is 5.54. The second-order valence-electron chi connectivity index (χ2n) is 5.54. The fourth-order valence-electron chi connectivity index (χ4n) is 2.62. The minimum Gasteiger partial charge on any atom is -0.355 e. The first kappa shape index (κ1) is 15.3. The number of halogens is 3. The van der Waals surface area contributed by atoms with Crippen molar-refractivity contribution in [2.75, 3.05) is 5.32 Å². The zero-order valence-electron chi connectivity index (χ0n) is 12.7. The number of nitrogens with one attached hydrogen (secondary N) is 1. The number of rotatable bonds is 2. The van der Waals surface area contributed by atoms with E-state index in [2.05, 4.69) is 16.4 Å². The van der Waals surface area contributed by atoms with Crippen LogP contribution in [0.5, 0.6) is 0 Å². The predicted molar refractivity (Wildman–Crippen MR) is 85.9 cm³/mol. The van der Waals surface area contributed by atoms with Crippen LogP contribution in [0.2, 0.25) is 0 Å². The molecule has 0 aliphatic heterocycles. The molecule has 5 heteroatoms. The molecule has 1 N–H and O–H groups in total. The molecule has 0 fully saturated rings. The number of fused-ring (bicyclic) bond motifs is 1. The van der Waals surface area contributed by atoms with Gasteiger partial charge in [0, 0.05) is 23.0 Å². The molecule has 0 aliphatic rings. The summed E-state index contributed by atoms with van der Waals surface area (Å²) in [5.74, 6) is 0. The molecule has 0 saturated carbocycles. The van der Waals surface area contributed by atoms with Gasteiger partial charge in [0.1, 0.15) is 0 Å². The highest BCUT2D eigenvalue weighted by atomic mass is 19.4. The highest BCUT2D eigenvalue weighted by Gasteiger charge is 2.29. The second kappa shape index (κ2) is 5.57. The van der Waals surface area contributed by atoms with Crippen molar-refractivity contribution in [3.63, 3.8) is 0 Å². The van der Waals surface area contributed by atoms with Gasteiger partial charge in [-0.3, -0.25) is 4.98 Å². The Morgan fingerprint density at radius 2 is 1.65 bits per heavy atom. The van der Waals surface area contributed by atoms with Crippen molar-refractivity contribution in [3.8, 4) is 0 Å². The zero-order valence-corrected chi connectivity index (χ0v) is 12.7. The fourth-order valence-corrected chi connectivity index (χ4v) is 2.62. The topological polar surface area (TPSA) is 24.9 Å². The van der Waals surface area contributed by atoms with Crippen LogP contribution in [-0.4, -0.2) is 4.98 Å². The van der Waals surface area contributed by atoms with Crippen LogP contribution in [0.15, 0.2) is 48.7 Å². The molecular formula is C18H15F3N2. The van der Waals surface area contributed by atoms with Crippen molar-refractivity contribution in [1.29, 1.82) is 0 Å². The maximum absolute atomic E-state index is 12.6. The number of aryl methyl sites for hydroxylation is 2. The molecular weight excluding hydrogens is 301 g/mol. The van der Waals surface area contributed by atoms with Crippen molar-refractivity contribution in [2.45, 2.75) is 20.0 Å². The number of hydrogen-bond donors (Lipinski definition) is 1. The smallest absolute Gasteiger partial charge is 0.355 e. The van der Waals surface area contributed by atoms with Crippen molar-refractivity contribution in [2.24, 2.45) is 0 Å². The fraction of sp³-hybridized carbons (Fsp3) is 0.167. The van der Waals surface area contributed by atoms with Gasteiger partial charge < -0.3 is 5.32 Å². The third-order valence-electron chi connectivity index (χ3n) is 3.67. The minimum atomic E-state index is -4.32. The number of aromatic nitrogens is 1. The van der Waals surface area contributed by atoms with E-state index in [9.17, 15) is 13.2 Å². The van der Waals surface area contributed by atoms with Crippen LogP contribution in [0, 0.1) is 13.8 Å². The number of pyridine rings is 1. The highest BCUT2D eigenvalue weighted by Crippen LogP contribution is 2.32. The Kier molecular flexibility index (Phi) is 3.72. The van der Waals surface area contributed by atoms with Crippen molar-refractivity contribution >= 4 is 22.3 Å². The van der Waals surface area contributed by atoms with E-state index < -0.39 is 11.7 Å². The van der Waals surface area contributed by atoms with E-state index in [-0.39, 0.29) is 0 Å². The van der Waals surface area contributed by atoms with Crippen molar-refractivity contribution in [3.05, 3.63) is 65.4 Å². The summed E-state index contributed by atoms with van der Waals surface area (Å²) in [6.45, 7) is 3.99. The van der Waals surface area contributed by atoms with Crippen LogP contribution in [0.25, 0.3) is 10.9 Å². The highest BCUT2D eigenvalue weighted by molar-refractivity contribution is 5.95. The number of benzene rings is 2. The van der Waals surface area contributed by atoms with E-state index in [1.807, 2.05) is 26.0 Å². The van der Waals surface area contributed by atoms with Gasteiger partial charge in [0.05, 0.1) is 11.1 Å². The lowest BCUT2D eigenvalue weighted by Crippen LogP contribution is -2.04. The van der Waals surface area contributed by atoms with Gasteiger partial charge in [0.25, 0.3) is 0 Å². The van der Waals surface area contributed by atoms with E-state index in [0.29, 0.717) is 5.69 Å². The summed E-state index contributed by atoms with van der Waals surface area (Å²) < 4.78 is 37.8. The third-order valence-corrected chi connectivity index (χ3v) is 3.67. The normalized spacial score (nSPS) is 11.7. The maximum atomic E-state index is 12.6. The summed E-state index contributed by atoms with van der Waals surface area (Å²) in [7, 11) is 0. The number of alkyl halides is 3. The van der Waals surface area contributed by atoms with Gasteiger partial charge in [0.2, 0.25) is 0 Å². The predicted octanol–water partition coefficient (Wildman–Crippen LogP) is 5.61. The first-order valence-electron chi connectivity index (χ1n) is 7.15. The average molecular weight is 316 g/mol. The lowest BCUT2D eigenvalue weighted by atomic mass is 10.1. The summed E-state index contributed by atoms with van der Waals surface area (Å²) in [6, 6.07) is 10.9. The Labute approximate surface area is 132 Å². The lowest BCUT2D eigenvalue weighted by Gasteiger charge is -2.12. The van der Waals surface area contributed by atoms with Crippen LogP contribution < -0.4 is 5.32 Å². The monoisotopic (exact) mass is 316 g/mol. The van der Waals surface area contributed by atoms with Gasteiger partial charge in [0.15, 0.2) is 0 Å². The van der Waals surface area contributed by atoms with Crippen molar-refractivity contribution in [1.82, 2.24) is 4.98 Å². The summed E-state index contributed by atoms with van der Waals surface area (Å²) in [5, 5.41) is 4.12. The molecule has 0 radical (unpaired) electrons.